The molecule has 2 bridgehead atoms. The van der Waals surface area contributed by atoms with Crippen LogP contribution in [0.5, 0.6) is 0 Å². The highest BCUT2D eigenvalue weighted by molar-refractivity contribution is 5.45. The number of piperidine rings is 2. The summed E-state index contributed by atoms with van der Waals surface area (Å²) in [6.07, 6.45) is 6.37. The fraction of sp³-hybridized carbons (Fsp3) is 0.435. The Morgan fingerprint density at radius 2 is 1.44 bits per heavy atom. The molecule has 0 amide bonds. The minimum absolute atomic E-state index is 0.556. The molecule has 0 radical (unpaired) electrons. The summed E-state index contributed by atoms with van der Waals surface area (Å²) >= 11 is 0. The van der Waals surface area contributed by atoms with Gasteiger partial charge in [-0.05, 0) is 49.1 Å². The third kappa shape index (κ3) is 3.10. The zero-order valence-electron chi connectivity index (χ0n) is 14.8. The highest BCUT2D eigenvalue weighted by Gasteiger charge is 2.38. The van der Waals surface area contributed by atoms with Gasteiger partial charge in [0.1, 0.15) is 5.41 Å². The molecular weight excluding hydrogens is 304 g/mol. The van der Waals surface area contributed by atoms with Crippen molar-refractivity contribution in [3.05, 3.63) is 71.8 Å². The third-order valence-electron chi connectivity index (χ3n) is 6.32. The lowest BCUT2D eigenvalue weighted by Crippen LogP contribution is -2.49. The average Bonchev–Trinajstić information content (AvgIpc) is 2.71. The Morgan fingerprint density at radius 3 is 1.88 bits per heavy atom. The van der Waals surface area contributed by atoms with Crippen LogP contribution in [0.4, 0.5) is 0 Å². The molecule has 0 atom stereocenters. The summed E-state index contributed by atoms with van der Waals surface area (Å²) < 4.78 is 0. The van der Waals surface area contributed by atoms with E-state index in [-0.39, 0.29) is 0 Å². The maximum Gasteiger partial charge on any atom is 0.108 e. The van der Waals surface area contributed by atoms with Gasteiger partial charge in [-0.25, -0.2) is 0 Å². The van der Waals surface area contributed by atoms with Gasteiger partial charge >= 0.3 is 0 Å². The van der Waals surface area contributed by atoms with Gasteiger partial charge in [-0.2, -0.15) is 5.26 Å². The van der Waals surface area contributed by atoms with Gasteiger partial charge in [0, 0.05) is 19.1 Å². The summed E-state index contributed by atoms with van der Waals surface area (Å²) in [5.74, 6) is 0.884. The van der Waals surface area contributed by atoms with Gasteiger partial charge in [0.2, 0.25) is 0 Å². The van der Waals surface area contributed by atoms with E-state index < -0.39 is 5.41 Å². The standard InChI is InChI=1S/C23H26N2/c24-18-23(20-7-3-1-4-8-20,21-9-5-2-6-10-21)15-16-25-17-19-11-13-22(25)14-12-19/h1-10,19,22H,11-17H2. The molecule has 3 fully saturated rings. The molecule has 2 heterocycles. The smallest absolute Gasteiger partial charge is 0.108 e. The van der Waals surface area contributed by atoms with Crippen LogP contribution in [-0.4, -0.2) is 24.0 Å². The van der Waals surface area contributed by atoms with Crippen molar-refractivity contribution in [2.24, 2.45) is 5.92 Å². The normalized spacial score (nSPS) is 23.3. The lowest BCUT2D eigenvalue weighted by atomic mass is 9.72. The van der Waals surface area contributed by atoms with Crippen LogP contribution in [0, 0.1) is 17.2 Å². The zero-order chi connectivity index (χ0) is 17.1. The Morgan fingerprint density at radius 1 is 0.880 bits per heavy atom. The summed E-state index contributed by atoms with van der Waals surface area (Å²) in [4.78, 5) is 2.66. The minimum Gasteiger partial charge on any atom is -0.300 e. The Bertz CT molecular complexity index is 684. The summed E-state index contributed by atoms with van der Waals surface area (Å²) in [5.41, 5.74) is 1.68. The van der Waals surface area contributed by atoms with E-state index in [1.54, 1.807) is 0 Å². The van der Waals surface area contributed by atoms with Gasteiger partial charge < -0.3 is 4.90 Å². The second-order valence-corrected chi connectivity index (χ2v) is 7.67. The topological polar surface area (TPSA) is 27.0 Å². The van der Waals surface area contributed by atoms with Crippen LogP contribution >= 0.6 is 0 Å². The molecule has 1 aliphatic carbocycles. The fourth-order valence-corrected chi connectivity index (χ4v) is 4.84. The van der Waals surface area contributed by atoms with E-state index in [4.69, 9.17) is 0 Å². The van der Waals surface area contributed by atoms with E-state index in [1.807, 2.05) is 36.4 Å². The SMILES string of the molecule is N#CC(CCN1CC2CCC1CC2)(c1ccccc1)c1ccccc1. The minimum atomic E-state index is -0.556. The molecule has 0 spiro atoms. The van der Waals surface area contributed by atoms with Gasteiger partial charge in [-0.1, -0.05) is 60.7 Å². The van der Waals surface area contributed by atoms with E-state index in [0.717, 1.165) is 36.1 Å². The van der Waals surface area contributed by atoms with Crippen molar-refractivity contribution in [1.29, 1.82) is 5.26 Å². The molecule has 2 aromatic carbocycles. The fourth-order valence-electron chi connectivity index (χ4n) is 4.84. The molecule has 0 aromatic heterocycles. The number of nitriles is 1. The van der Waals surface area contributed by atoms with Crippen molar-refractivity contribution in [2.45, 2.75) is 43.6 Å². The second-order valence-electron chi connectivity index (χ2n) is 7.67. The highest BCUT2D eigenvalue weighted by Crippen LogP contribution is 2.39. The maximum absolute atomic E-state index is 10.3. The Kier molecular flexibility index (Phi) is 4.59. The van der Waals surface area contributed by atoms with Gasteiger partial charge in [-0.3, -0.25) is 0 Å². The molecule has 2 aromatic rings. The van der Waals surface area contributed by atoms with E-state index in [9.17, 15) is 5.26 Å². The van der Waals surface area contributed by atoms with Gasteiger partial charge in [-0.15, -0.1) is 0 Å². The lowest BCUT2D eigenvalue weighted by molar-refractivity contribution is 0.0458. The molecule has 3 aliphatic rings. The van der Waals surface area contributed by atoms with Crippen molar-refractivity contribution >= 4 is 0 Å². The number of nitrogens with zero attached hydrogens (tertiary/aromatic N) is 2. The van der Waals surface area contributed by atoms with E-state index in [1.165, 1.54) is 32.2 Å². The molecule has 2 heteroatoms. The van der Waals surface area contributed by atoms with Crippen LogP contribution in [0.2, 0.25) is 0 Å². The first-order valence-corrected chi connectivity index (χ1v) is 9.58. The second kappa shape index (κ2) is 7.02. The monoisotopic (exact) mass is 330 g/mol. The van der Waals surface area contributed by atoms with Crippen LogP contribution in [0.25, 0.3) is 0 Å². The molecule has 5 rings (SSSR count). The van der Waals surface area contributed by atoms with Crippen molar-refractivity contribution in [3.8, 4) is 6.07 Å². The lowest BCUT2D eigenvalue weighted by Gasteiger charge is -2.46. The van der Waals surface area contributed by atoms with Crippen LogP contribution in [0.1, 0.15) is 43.2 Å². The summed E-state index contributed by atoms with van der Waals surface area (Å²) in [5, 5.41) is 10.3. The number of rotatable bonds is 5. The highest BCUT2D eigenvalue weighted by atomic mass is 15.2. The number of benzene rings is 2. The van der Waals surface area contributed by atoms with E-state index in [0.29, 0.717) is 0 Å². The van der Waals surface area contributed by atoms with Gasteiger partial charge in [0.25, 0.3) is 0 Å². The van der Waals surface area contributed by atoms with Crippen molar-refractivity contribution in [3.63, 3.8) is 0 Å². The first-order chi connectivity index (χ1) is 12.3. The molecule has 0 unspecified atom stereocenters. The van der Waals surface area contributed by atoms with Crippen LogP contribution in [0.3, 0.4) is 0 Å². The summed E-state index contributed by atoms with van der Waals surface area (Å²) in [7, 11) is 0. The van der Waals surface area contributed by atoms with Crippen LogP contribution < -0.4 is 0 Å². The van der Waals surface area contributed by atoms with Crippen LogP contribution in [-0.2, 0) is 5.41 Å². The Hall–Kier alpha value is -2.11. The number of fused-ring (bicyclic) bond motifs is 3. The molecule has 0 N–H and O–H groups in total. The first kappa shape index (κ1) is 16.4. The van der Waals surface area contributed by atoms with Crippen molar-refractivity contribution < 1.29 is 0 Å². The molecule has 128 valence electrons. The molecule has 2 aliphatic heterocycles. The van der Waals surface area contributed by atoms with Crippen LogP contribution in [0.15, 0.2) is 60.7 Å². The van der Waals surface area contributed by atoms with Crippen molar-refractivity contribution in [1.82, 2.24) is 4.90 Å². The average molecular weight is 330 g/mol. The Balaban J connectivity index is 1.63. The predicted molar refractivity (Wildman–Crippen MR) is 101 cm³/mol. The molecule has 2 saturated heterocycles. The molecule has 25 heavy (non-hydrogen) atoms. The maximum atomic E-state index is 10.3. The van der Waals surface area contributed by atoms with Gasteiger partial charge in [0.15, 0.2) is 0 Å². The number of hydrogen-bond acceptors (Lipinski definition) is 2. The summed E-state index contributed by atoms with van der Waals surface area (Å²) in [6, 6.07) is 24.1. The largest absolute Gasteiger partial charge is 0.300 e. The van der Waals surface area contributed by atoms with E-state index >= 15 is 0 Å². The van der Waals surface area contributed by atoms with Crippen molar-refractivity contribution in [2.75, 3.05) is 13.1 Å². The molecule has 1 saturated carbocycles. The molecule has 2 nitrogen and oxygen atoms in total. The van der Waals surface area contributed by atoms with Gasteiger partial charge in [0.05, 0.1) is 6.07 Å². The first-order valence-electron chi connectivity index (χ1n) is 9.58. The molecular formula is C23H26N2. The number of hydrogen-bond donors (Lipinski definition) is 0. The quantitative estimate of drug-likeness (QED) is 0.790. The zero-order valence-corrected chi connectivity index (χ0v) is 14.8. The Labute approximate surface area is 151 Å². The summed E-state index contributed by atoms with van der Waals surface area (Å²) in [6.45, 7) is 2.24. The predicted octanol–water partition coefficient (Wildman–Crippen LogP) is 4.76. The third-order valence-corrected chi connectivity index (χ3v) is 6.32. The van der Waals surface area contributed by atoms with E-state index in [2.05, 4.69) is 35.2 Å².